The van der Waals surface area contributed by atoms with E-state index in [1.165, 1.54) is 0 Å². The molecule has 0 aliphatic carbocycles. The quantitative estimate of drug-likeness (QED) is 0.438. The summed E-state index contributed by atoms with van der Waals surface area (Å²) in [5.41, 5.74) is 3.05. The summed E-state index contributed by atoms with van der Waals surface area (Å²) in [4.78, 5) is 12.4. The molecular weight excluding hydrogens is 422 g/mol. The first-order valence-corrected chi connectivity index (χ1v) is 10.2. The third-order valence-electron chi connectivity index (χ3n) is 4.91. The van der Waals surface area contributed by atoms with E-state index < -0.39 is 6.09 Å². The van der Waals surface area contributed by atoms with Crippen LogP contribution in [0.5, 0.6) is 28.7 Å². The molecule has 0 heterocycles. The Morgan fingerprint density at radius 1 is 0.727 bits per heavy atom. The van der Waals surface area contributed by atoms with Gasteiger partial charge in [-0.2, -0.15) is 0 Å². The Morgan fingerprint density at radius 2 is 1.36 bits per heavy atom. The summed E-state index contributed by atoms with van der Waals surface area (Å²) in [5, 5.41) is 2.75. The molecule has 0 fully saturated rings. The van der Waals surface area contributed by atoms with Gasteiger partial charge in [-0.25, -0.2) is 4.79 Å². The van der Waals surface area contributed by atoms with Crippen LogP contribution in [0.15, 0.2) is 54.6 Å². The van der Waals surface area contributed by atoms with Crippen LogP contribution in [0.3, 0.4) is 0 Å². The van der Waals surface area contributed by atoms with Gasteiger partial charge in [0.15, 0.2) is 11.5 Å². The zero-order valence-corrected chi connectivity index (χ0v) is 19.3. The molecule has 1 amide bonds. The summed E-state index contributed by atoms with van der Waals surface area (Å²) in [6.45, 7) is 1.87. The Balaban J connectivity index is 1.83. The maximum Gasteiger partial charge on any atom is 0.417 e. The second-order valence-electron chi connectivity index (χ2n) is 7.03. The van der Waals surface area contributed by atoms with Crippen LogP contribution in [0, 0.1) is 6.92 Å². The molecule has 0 saturated carbocycles. The molecule has 7 heteroatoms. The average Bonchev–Trinajstić information content (AvgIpc) is 2.83. The fourth-order valence-electron chi connectivity index (χ4n) is 3.22. The Labute approximate surface area is 193 Å². The molecule has 0 atom stereocenters. The average molecular weight is 450 g/mol. The number of carbonyl (C=O) groups excluding carboxylic acids is 1. The Kier molecular flexibility index (Phi) is 7.81. The van der Waals surface area contributed by atoms with Gasteiger partial charge in [-0.05, 0) is 53.9 Å². The highest BCUT2D eigenvalue weighted by molar-refractivity contribution is 5.89. The maximum atomic E-state index is 12.4. The van der Waals surface area contributed by atoms with Gasteiger partial charge in [-0.3, -0.25) is 5.32 Å². The molecule has 7 nitrogen and oxygen atoms in total. The van der Waals surface area contributed by atoms with Crippen LogP contribution in [0.1, 0.15) is 16.7 Å². The van der Waals surface area contributed by atoms with Crippen LogP contribution in [-0.2, 0) is 0 Å². The molecule has 172 valence electrons. The number of carbonyl (C=O) groups is 1. The molecule has 3 aromatic carbocycles. The van der Waals surface area contributed by atoms with Gasteiger partial charge in [-0.1, -0.05) is 36.4 Å². The van der Waals surface area contributed by atoms with E-state index >= 15 is 0 Å². The lowest BCUT2D eigenvalue weighted by Crippen LogP contribution is -2.17. The third kappa shape index (κ3) is 5.77. The van der Waals surface area contributed by atoms with Gasteiger partial charge in [-0.15, -0.1) is 0 Å². The molecule has 0 unspecified atom stereocenters. The molecule has 33 heavy (non-hydrogen) atoms. The Morgan fingerprint density at radius 3 is 1.97 bits per heavy atom. The number of rotatable bonds is 8. The number of ether oxygens (including phenoxy) is 5. The van der Waals surface area contributed by atoms with Gasteiger partial charge in [0.25, 0.3) is 0 Å². The van der Waals surface area contributed by atoms with E-state index in [1.807, 2.05) is 55.5 Å². The molecule has 0 aliphatic rings. The highest BCUT2D eigenvalue weighted by Gasteiger charge is 2.13. The molecule has 1 N–H and O–H groups in total. The van der Waals surface area contributed by atoms with Crippen molar-refractivity contribution in [3.63, 3.8) is 0 Å². The monoisotopic (exact) mass is 449 g/mol. The molecule has 0 bridgehead atoms. The fraction of sp³-hybridized carbons (Fsp3) is 0.192. The minimum atomic E-state index is -0.603. The highest BCUT2D eigenvalue weighted by atomic mass is 16.6. The second kappa shape index (κ2) is 10.9. The van der Waals surface area contributed by atoms with Crippen molar-refractivity contribution in [3.8, 4) is 28.7 Å². The molecule has 3 aromatic rings. The van der Waals surface area contributed by atoms with Gasteiger partial charge in [0.05, 0.1) is 34.1 Å². The van der Waals surface area contributed by atoms with Crippen molar-refractivity contribution in [2.75, 3.05) is 33.8 Å². The summed E-state index contributed by atoms with van der Waals surface area (Å²) < 4.78 is 27.0. The summed E-state index contributed by atoms with van der Waals surface area (Å²) >= 11 is 0. The summed E-state index contributed by atoms with van der Waals surface area (Å²) in [6, 6.07) is 16.5. The number of amides is 1. The molecule has 0 aromatic heterocycles. The minimum Gasteiger partial charge on any atom is -0.495 e. The largest absolute Gasteiger partial charge is 0.495 e. The number of methoxy groups -OCH3 is 4. The SMILES string of the molecule is COc1ccc(/C=C\c2cc(OC)c(OC)c(OC)c2)cc1NC(=O)Oc1ccccc1C. The van der Waals surface area contributed by atoms with Gasteiger partial charge in [0.2, 0.25) is 5.75 Å². The number of hydrogen-bond donors (Lipinski definition) is 1. The van der Waals surface area contributed by atoms with Crippen LogP contribution in [-0.4, -0.2) is 34.5 Å². The van der Waals surface area contributed by atoms with Crippen LogP contribution in [0.2, 0.25) is 0 Å². The van der Waals surface area contributed by atoms with Crippen molar-refractivity contribution in [2.24, 2.45) is 0 Å². The van der Waals surface area contributed by atoms with Crippen molar-refractivity contribution in [1.29, 1.82) is 0 Å². The van der Waals surface area contributed by atoms with Crippen molar-refractivity contribution in [2.45, 2.75) is 6.92 Å². The molecule has 0 spiro atoms. The molecule has 0 saturated heterocycles. The van der Waals surface area contributed by atoms with Crippen LogP contribution < -0.4 is 29.0 Å². The minimum absolute atomic E-state index is 0.489. The lowest BCUT2D eigenvalue weighted by Gasteiger charge is -2.13. The number of anilines is 1. The van der Waals surface area contributed by atoms with Gasteiger partial charge < -0.3 is 23.7 Å². The number of hydrogen-bond acceptors (Lipinski definition) is 6. The summed E-state index contributed by atoms with van der Waals surface area (Å²) in [7, 11) is 6.24. The molecule has 0 aliphatic heterocycles. The van der Waals surface area contributed by atoms with E-state index in [0.717, 1.165) is 16.7 Å². The Bertz CT molecular complexity index is 1130. The lowest BCUT2D eigenvalue weighted by atomic mass is 10.1. The molecule has 0 radical (unpaired) electrons. The van der Waals surface area contributed by atoms with E-state index in [0.29, 0.717) is 34.4 Å². The van der Waals surface area contributed by atoms with Crippen LogP contribution in [0.4, 0.5) is 10.5 Å². The number of benzene rings is 3. The number of para-hydroxylation sites is 1. The summed E-state index contributed by atoms with van der Waals surface area (Å²) in [6.07, 6.45) is 3.20. The molecule has 3 rings (SSSR count). The lowest BCUT2D eigenvalue weighted by molar-refractivity contribution is 0.214. The number of nitrogens with one attached hydrogen (secondary N) is 1. The van der Waals surface area contributed by atoms with Gasteiger partial charge in [0, 0.05) is 0 Å². The predicted octanol–water partition coefficient (Wildman–Crippen LogP) is 5.81. The van der Waals surface area contributed by atoms with Gasteiger partial charge >= 0.3 is 6.09 Å². The van der Waals surface area contributed by atoms with Crippen LogP contribution >= 0.6 is 0 Å². The first kappa shape index (κ1) is 23.5. The van der Waals surface area contributed by atoms with Crippen molar-refractivity contribution in [1.82, 2.24) is 0 Å². The summed E-state index contributed by atoms with van der Waals surface area (Å²) in [5.74, 6) is 2.66. The zero-order valence-electron chi connectivity index (χ0n) is 19.3. The topological polar surface area (TPSA) is 75.3 Å². The number of aryl methyl sites for hydroxylation is 1. The van der Waals surface area contributed by atoms with E-state index in [9.17, 15) is 4.79 Å². The maximum absolute atomic E-state index is 12.4. The van der Waals surface area contributed by atoms with Gasteiger partial charge in [0.1, 0.15) is 11.5 Å². The standard InChI is InChI=1S/C26H27NO6/c1-17-8-6-7-9-21(17)33-26(28)27-20-14-18(12-13-22(20)29-2)10-11-19-15-23(30-3)25(32-5)24(16-19)31-4/h6-16H,1-5H3,(H,27,28)/b11-10-. The molecular formula is C26H27NO6. The van der Waals surface area contributed by atoms with Crippen LogP contribution in [0.25, 0.3) is 12.2 Å². The predicted molar refractivity (Wildman–Crippen MR) is 129 cm³/mol. The van der Waals surface area contributed by atoms with E-state index in [2.05, 4.69) is 5.32 Å². The smallest absolute Gasteiger partial charge is 0.417 e. The first-order valence-electron chi connectivity index (χ1n) is 10.2. The van der Waals surface area contributed by atoms with Crippen molar-refractivity contribution in [3.05, 3.63) is 71.3 Å². The Hall–Kier alpha value is -4.13. The second-order valence-corrected chi connectivity index (χ2v) is 7.03. The fourth-order valence-corrected chi connectivity index (χ4v) is 3.22. The third-order valence-corrected chi connectivity index (χ3v) is 4.91. The normalized spacial score (nSPS) is 10.6. The highest BCUT2D eigenvalue weighted by Crippen LogP contribution is 2.38. The van der Waals surface area contributed by atoms with Crippen molar-refractivity contribution < 1.29 is 28.5 Å². The zero-order chi connectivity index (χ0) is 23.8. The van der Waals surface area contributed by atoms with E-state index in [4.69, 9.17) is 23.7 Å². The first-order chi connectivity index (χ1) is 16.0. The van der Waals surface area contributed by atoms with E-state index in [-0.39, 0.29) is 0 Å². The van der Waals surface area contributed by atoms with E-state index in [1.54, 1.807) is 46.6 Å². The van der Waals surface area contributed by atoms with Crippen molar-refractivity contribution >= 4 is 23.9 Å².